The Balaban J connectivity index is 1.15. The maximum absolute atomic E-state index is 6.65. The Morgan fingerprint density at radius 1 is 0.462 bits per heavy atom. The molecule has 0 saturated heterocycles. The smallest absolute Gasteiger partial charge is 0.228 e. The first-order chi connectivity index (χ1) is 25.8. The average Bonchev–Trinajstić information content (AvgIpc) is 3.90. The fraction of sp³-hybridized carbons (Fsp3) is 0. The van der Waals surface area contributed by atoms with Crippen molar-refractivity contribution in [1.82, 2.24) is 9.55 Å². The molecule has 0 spiro atoms. The van der Waals surface area contributed by atoms with Gasteiger partial charge >= 0.3 is 0 Å². The number of hydrogen-bond acceptors (Lipinski definition) is 4. The fourth-order valence-electron chi connectivity index (χ4n) is 7.87. The molecule has 0 aliphatic heterocycles. The van der Waals surface area contributed by atoms with Crippen molar-refractivity contribution in [2.24, 2.45) is 0 Å². The van der Waals surface area contributed by atoms with Gasteiger partial charge in [-0.2, -0.15) is 0 Å². The molecule has 0 unspecified atom stereocenters. The minimum Gasteiger partial charge on any atom is -0.455 e. The van der Waals surface area contributed by atoms with Crippen LogP contribution in [-0.2, 0) is 0 Å². The molecule has 0 aliphatic carbocycles. The van der Waals surface area contributed by atoms with Crippen molar-refractivity contribution in [2.75, 3.05) is 4.90 Å². The highest BCUT2D eigenvalue weighted by atomic mass is 16.3. The monoisotopic (exact) mass is 667 g/mol. The van der Waals surface area contributed by atoms with Crippen LogP contribution in [0.25, 0.3) is 82.8 Å². The zero-order valence-electron chi connectivity index (χ0n) is 27.9. The van der Waals surface area contributed by atoms with Gasteiger partial charge in [-0.25, -0.2) is 4.98 Å². The summed E-state index contributed by atoms with van der Waals surface area (Å²) in [5.74, 6) is 0.612. The summed E-state index contributed by atoms with van der Waals surface area (Å²) in [5, 5.41) is 6.73. The molecule has 3 aromatic heterocycles. The number of benzene rings is 8. The van der Waals surface area contributed by atoms with Crippen LogP contribution >= 0.6 is 0 Å². The third-order valence-electron chi connectivity index (χ3n) is 10.2. The molecular weight excluding hydrogens is 639 g/mol. The predicted molar refractivity (Wildman–Crippen MR) is 213 cm³/mol. The quantitative estimate of drug-likeness (QED) is 0.183. The zero-order chi connectivity index (χ0) is 34.2. The lowest BCUT2D eigenvalue weighted by Crippen LogP contribution is -2.09. The van der Waals surface area contributed by atoms with Crippen molar-refractivity contribution in [2.45, 2.75) is 0 Å². The van der Waals surface area contributed by atoms with Crippen LogP contribution in [0.2, 0.25) is 0 Å². The minimum atomic E-state index is 0.612. The lowest BCUT2D eigenvalue weighted by atomic mass is 10.0. The third-order valence-corrected chi connectivity index (χ3v) is 10.2. The molecule has 0 N–H and O–H groups in total. The maximum atomic E-state index is 6.65. The molecule has 0 fully saturated rings. The van der Waals surface area contributed by atoms with E-state index in [9.17, 15) is 0 Å². The number of aromatic nitrogens is 2. The number of furan rings is 1. The molecule has 5 nitrogen and oxygen atoms in total. The van der Waals surface area contributed by atoms with Crippen LogP contribution in [0.1, 0.15) is 0 Å². The summed E-state index contributed by atoms with van der Waals surface area (Å²) >= 11 is 0. The van der Waals surface area contributed by atoms with E-state index < -0.39 is 0 Å². The van der Waals surface area contributed by atoms with Crippen LogP contribution in [0.4, 0.5) is 17.1 Å². The molecule has 11 rings (SSSR count). The second-order valence-corrected chi connectivity index (χ2v) is 13.2. The highest BCUT2D eigenvalue weighted by Gasteiger charge is 2.22. The second-order valence-electron chi connectivity index (χ2n) is 13.2. The van der Waals surface area contributed by atoms with Gasteiger partial charge in [0.25, 0.3) is 0 Å². The van der Waals surface area contributed by atoms with Crippen LogP contribution in [0.5, 0.6) is 0 Å². The average molecular weight is 668 g/mol. The zero-order valence-corrected chi connectivity index (χ0v) is 27.9. The largest absolute Gasteiger partial charge is 0.455 e. The number of rotatable bonds is 5. The van der Waals surface area contributed by atoms with Crippen molar-refractivity contribution >= 4 is 82.7 Å². The van der Waals surface area contributed by atoms with E-state index in [1.165, 1.54) is 5.39 Å². The fourth-order valence-corrected chi connectivity index (χ4v) is 7.87. The SMILES string of the molecule is c1ccc(N(c2ccc3c(c2)oc2c4ccccc4ccc32)c2ccc3c4c(-c5nc6ccccc6o5)cccc4n(-c4ccccc4)c3c2)cc1. The summed E-state index contributed by atoms with van der Waals surface area (Å²) in [6.07, 6.45) is 0. The van der Waals surface area contributed by atoms with Gasteiger partial charge in [0, 0.05) is 61.3 Å². The molecule has 11 aromatic rings. The van der Waals surface area contributed by atoms with Gasteiger partial charge in [-0.3, -0.25) is 0 Å². The minimum absolute atomic E-state index is 0.612. The Bertz CT molecular complexity index is 3100. The Hall–Kier alpha value is -7.11. The molecule has 8 aromatic carbocycles. The molecule has 3 heterocycles. The summed E-state index contributed by atoms with van der Waals surface area (Å²) in [4.78, 5) is 7.22. The number of hydrogen-bond donors (Lipinski definition) is 0. The first-order valence-electron chi connectivity index (χ1n) is 17.5. The molecule has 0 radical (unpaired) electrons. The molecule has 0 saturated carbocycles. The number of para-hydroxylation sites is 4. The van der Waals surface area contributed by atoms with E-state index in [2.05, 4.69) is 161 Å². The highest BCUT2D eigenvalue weighted by Crippen LogP contribution is 2.44. The highest BCUT2D eigenvalue weighted by molar-refractivity contribution is 6.17. The van der Waals surface area contributed by atoms with Crippen LogP contribution < -0.4 is 4.90 Å². The Morgan fingerprint density at radius 2 is 1.19 bits per heavy atom. The van der Waals surface area contributed by atoms with Gasteiger partial charge in [-0.15, -0.1) is 0 Å². The van der Waals surface area contributed by atoms with Crippen LogP contribution in [-0.4, -0.2) is 9.55 Å². The van der Waals surface area contributed by atoms with Crippen LogP contribution in [0.15, 0.2) is 185 Å². The number of nitrogens with zero attached hydrogens (tertiary/aromatic N) is 3. The molecule has 0 bridgehead atoms. The Morgan fingerprint density at radius 3 is 2.06 bits per heavy atom. The Kier molecular flexibility index (Phi) is 6.18. The van der Waals surface area contributed by atoms with Gasteiger partial charge in [-0.05, 0) is 84.2 Å². The third kappa shape index (κ3) is 4.33. The topological polar surface area (TPSA) is 47.3 Å². The first kappa shape index (κ1) is 28.7. The predicted octanol–water partition coefficient (Wildman–Crippen LogP) is 13.1. The van der Waals surface area contributed by atoms with Gasteiger partial charge in [0.1, 0.15) is 16.7 Å². The van der Waals surface area contributed by atoms with Crippen molar-refractivity contribution in [3.63, 3.8) is 0 Å². The van der Waals surface area contributed by atoms with E-state index in [0.717, 1.165) is 88.5 Å². The molecule has 244 valence electrons. The molecule has 5 heteroatoms. The summed E-state index contributed by atoms with van der Waals surface area (Å²) in [7, 11) is 0. The lowest BCUT2D eigenvalue weighted by Gasteiger charge is -2.25. The lowest BCUT2D eigenvalue weighted by molar-refractivity contribution is 0.620. The van der Waals surface area contributed by atoms with Gasteiger partial charge in [-0.1, -0.05) is 91.0 Å². The van der Waals surface area contributed by atoms with Gasteiger partial charge in [0.15, 0.2) is 5.58 Å². The summed E-state index contributed by atoms with van der Waals surface area (Å²) < 4.78 is 15.3. The molecular formula is C47H29N3O2. The molecule has 0 atom stereocenters. The Labute approximate surface area is 298 Å². The number of fused-ring (bicyclic) bond motifs is 9. The van der Waals surface area contributed by atoms with Gasteiger partial charge in [0.05, 0.1) is 11.0 Å². The van der Waals surface area contributed by atoms with E-state index in [-0.39, 0.29) is 0 Å². The summed E-state index contributed by atoms with van der Waals surface area (Å²) in [6.45, 7) is 0. The van der Waals surface area contributed by atoms with E-state index >= 15 is 0 Å². The molecule has 0 aliphatic rings. The van der Waals surface area contributed by atoms with Crippen molar-refractivity contribution in [3.05, 3.63) is 176 Å². The first-order valence-corrected chi connectivity index (χ1v) is 17.5. The van der Waals surface area contributed by atoms with E-state index in [1.54, 1.807) is 0 Å². The van der Waals surface area contributed by atoms with Crippen LogP contribution in [0.3, 0.4) is 0 Å². The molecule has 0 amide bonds. The second kappa shape index (κ2) is 11.2. The standard InChI is InChI=1S/C47H29N3O2/c1-3-13-31(14-4-1)49(34-23-26-36-37-25-22-30-12-7-8-17-35(30)46(37)51-44(36)29-34)33-24-27-38-42(28-33)50(32-15-5-2-6-16-32)41-20-11-18-39(45(38)41)47-48-40-19-9-10-21-43(40)52-47/h1-29H. The van der Waals surface area contributed by atoms with Crippen molar-refractivity contribution in [1.29, 1.82) is 0 Å². The maximum Gasteiger partial charge on any atom is 0.228 e. The number of oxazole rings is 1. The van der Waals surface area contributed by atoms with E-state index in [4.69, 9.17) is 13.8 Å². The van der Waals surface area contributed by atoms with Crippen molar-refractivity contribution < 1.29 is 8.83 Å². The summed E-state index contributed by atoms with van der Waals surface area (Å²) in [6, 6.07) is 61.4. The normalized spacial score (nSPS) is 11.8. The van der Waals surface area contributed by atoms with Gasteiger partial charge < -0.3 is 18.3 Å². The van der Waals surface area contributed by atoms with E-state index in [0.29, 0.717) is 5.89 Å². The van der Waals surface area contributed by atoms with Crippen LogP contribution in [0, 0.1) is 0 Å². The summed E-state index contributed by atoms with van der Waals surface area (Å²) in [5.41, 5.74) is 10.7. The van der Waals surface area contributed by atoms with E-state index in [1.807, 2.05) is 24.3 Å². The van der Waals surface area contributed by atoms with Gasteiger partial charge in [0.2, 0.25) is 5.89 Å². The van der Waals surface area contributed by atoms with Crippen molar-refractivity contribution in [3.8, 4) is 17.1 Å². The number of anilines is 3. The molecule has 52 heavy (non-hydrogen) atoms.